The molecule has 0 saturated heterocycles. The third-order valence-corrected chi connectivity index (χ3v) is 3.06. The van der Waals surface area contributed by atoms with Crippen LogP contribution in [0.4, 0.5) is 11.6 Å². The number of hydrogen-bond donors (Lipinski definition) is 2. The number of nitrogens with zero attached hydrogens (tertiary/aromatic N) is 4. The number of hydrogen-bond acceptors (Lipinski definition) is 6. The van der Waals surface area contributed by atoms with Gasteiger partial charge in [-0.1, -0.05) is 11.8 Å². The number of anilines is 2. The van der Waals surface area contributed by atoms with Crippen LogP contribution in [0.3, 0.4) is 0 Å². The lowest BCUT2D eigenvalue weighted by atomic mass is 10.5. The highest BCUT2D eigenvalue weighted by molar-refractivity contribution is 7.99. The fourth-order valence-electron chi connectivity index (χ4n) is 1.40. The van der Waals surface area contributed by atoms with Gasteiger partial charge in [-0.15, -0.1) is 0 Å². The second-order valence-corrected chi connectivity index (χ2v) is 4.58. The van der Waals surface area contributed by atoms with Crippen molar-refractivity contribution >= 4 is 23.4 Å². The van der Waals surface area contributed by atoms with E-state index in [0.29, 0.717) is 16.8 Å². The van der Waals surface area contributed by atoms with Crippen molar-refractivity contribution in [2.24, 2.45) is 0 Å². The molecular formula is C10H14N6S. The van der Waals surface area contributed by atoms with Gasteiger partial charge >= 0.3 is 0 Å². The van der Waals surface area contributed by atoms with Crippen LogP contribution in [0.25, 0.3) is 0 Å². The summed E-state index contributed by atoms with van der Waals surface area (Å²) in [4.78, 5) is 12.4. The first-order chi connectivity index (χ1) is 8.15. The van der Waals surface area contributed by atoms with Crippen LogP contribution in [0.5, 0.6) is 0 Å². The molecule has 4 N–H and O–H groups in total. The molecule has 90 valence electrons. The first-order valence-corrected chi connectivity index (χ1v) is 6.14. The molecule has 0 aliphatic heterocycles. The SMILES string of the molecule is Cc1nccn1CCSc1nc(N)cc(N)n1. The second kappa shape index (κ2) is 5.05. The van der Waals surface area contributed by atoms with E-state index in [1.54, 1.807) is 12.3 Å². The van der Waals surface area contributed by atoms with E-state index in [9.17, 15) is 0 Å². The Hall–Kier alpha value is -1.76. The topological polar surface area (TPSA) is 95.6 Å². The van der Waals surface area contributed by atoms with Gasteiger partial charge in [-0.3, -0.25) is 0 Å². The maximum atomic E-state index is 5.59. The molecular weight excluding hydrogens is 236 g/mol. The van der Waals surface area contributed by atoms with Crippen molar-refractivity contribution in [3.63, 3.8) is 0 Å². The molecule has 0 bridgehead atoms. The predicted octanol–water partition coefficient (Wildman–Crippen LogP) is 0.938. The minimum absolute atomic E-state index is 0.402. The van der Waals surface area contributed by atoms with Crippen LogP contribution in [0.2, 0.25) is 0 Å². The van der Waals surface area contributed by atoms with Crippen molar-refractivity contribution in [2.45, 2.75) is 18.6 Å². The van der Waals surface area contributed by atoms with E-state index >= 15 is 0 Å². The summed E-state index contributed by atoms with van der Waals surface area (Å²) < 4.78 is 2.07. The number of aromatic nitrogens is 4. The van der Waals surface area contributed by atoms with E-state index in [1.807, 2.05) is 13.1 Å². The van der Waals surface area contributed by atoms with Gasteiger partial charge in [-0.25, -0.2) is 15.0 Å². The summed E-state index contributed by atoms with van der Waals surface area (Å²) in [6.45, 7) is 2.83. The Morgan fingerprint density at radius 1 is 1.29 bits per heavy atom. The highest BCUT2D eigenvalue weighted by Crippen LogP contribution is 2.16. The van der Waals surface area contributed by atoms with Crippen molar-refractivity contribution in [1.29, 1.82) is 0 Å². The van der Waals surface area contributed by atoms with Crippen LogP contribution in [-0.4, -0.2) is 25.3 Å². The number of aryl methyl sites for hydroxylation is 2. The Morgan fingerprint density at radius 2 is 2.00 bits per heavy atom. The normalized spacial score (nSPS) is 10.6. The van der Waals surface area contributed by atoms with Crippen molar-refractivity contribution < 1.29 is 0 Å². The fraction of sp³-hybridized carbons (Fsp3) is 0.300. The lowest BCUT2D eigenvalue weighted by Gasteiger charge is -2.05. The summed E-state index contributed by atoms with van der Waals surface area (Å²) >= 11 is 1.52. The monoisotopic (exact) mass is 250 g/mol. The van der Waals surface area contributed by atoms with Gasteiger partial charge in [0.05, 0.1) is 0 Å². The van der Waals surface area contributed by atoms with E-state index in [1.165, 1.54) is 11.8 Å². The van der Waals surface area contributed by atoms with Crippen molar-refractivity contribution in [1.82, 2.24) is 19.5 Å². The van der Waals surface area contributed by atoms with E-state index in [2.05, 4.69) is 19.5 Å². The lowest BCUT2D eigenvalue weighted by Crippen LogP contribution is -2.03. The molecule has 6 nitrogen and oxygen atoms in total. The molecule has 0 fully saturated rings. The number of thioether (sulfide) groups is 1. The standard InChI is InChI=1S/C10H14N6S/c1-7-13-2-3-16(7)4-5-17-10-14-8(11)6-9(12)15-10/h2-3,6H,4-5H2,1H3,(H4,11,12,14,15). The number of nitrogens with two attached hydrogens (primary N) is 2. The molecule has 0 aromatic carbocycles. The maximum Gasteiger partial charge on any atom is 0.191 e. The number of rotatable bonds is 4. The highest BCUT2D eigenvalue weighted by atomic mass is 32.2. The molecule has 0 saturated carbocycles. The Morgan fingerprint density at radius 3 is 2.59 bits per heavy atom. The van der Waals surface area contributed by atoms with Gasteiger partial charge in [0, 0.05) is 30.8 Å². The lowest BCUT2D eigenvalue weighted by molar-refractivity contribution is 0.737. The predicted molar refractivity (Wildman–Crippen MR) is 68.5 cm³/mol. The Labute approximate surface area is 103 Å². The van der Waals surface area contributed by atoms with Crippen molar-refractivity contribution in [3.05, 3.63) is 24.3 Å². The van der Waals surface area contributed by atoms with Gasteiger partial charge in [-0.05, 0) is 6.92 Å². The number of imidazole rings is 1. The molecule has 2 aromatic rings. The summed E-state index contributed by atoms with van der Waals surface area (Å²) in [6.07, 6.45) is 3.74. The van der Waals surface area contributed by atoms with Gasteiger partial charge in [-0.2, -0.15) is 0 Å². The highest BCUT2D eigenvalue weighted by Gasteiger charge is 2.02. The molecule has 0 amide bonds. The molecule has 0 radical (unpaired) electrons. The van der Waals surface area contributed by atoms with Crippen LogP contribution in [-0.2, 0) is 6.54 Å². The molecule has 2 aromatic heterocycles. The average molecular weight is 250 g/mol. The summed E-state index contributed by atoms with van der Waals surface area (Å²) in [6, 6.07) is 1.55. The minimum atomic E-state index is 0.402. The maximum absolute atomic E-state index is 5.59. The van der Waals surface area contributed by atoms with E-state index in [-0.39, 0.29) is 0 Å². The zero-order valence-electron chi connectivity index (χ0n) is 9.50. The van der Waals surface area contributed by atoms with E-state index < -0.39 is 0 Å². The molecule has 17 heavy (non-hydrogen) atoms. The van der Waals surface area contributed by atoms with Crippen molar-refractivity contribution in [3.8, 4) is 0 Å². The molecule has 0 unspecified atom stereocenters. The van der Waals surface area contributed by atoms with Crippen LogP contribution >= 0.6 is 11.8 Å². The van der Waals surface area contributed by atoms with Gasteiger partial charge < -0.3 is 16.0 Å². The van der Waals surface area contributed by atoms with Crippen LogP contribution in [0, 0.1) is 6.92 Å². The average Bonchev–Trinajstić information content (AvgIpc) is 2.63. The summed E-state index contributed by atoms with van der Waals surface area (Å²) in [7, 11) is 0. The van der Waals surface area contributed by atoms with Gasteiger partial charge in [0.2, 0.25) is 0 Å². The van der Waals surface area contributed by atoms with E-state index in [0.717, 1.165) is 18.1 Å². The Bertz CT molecular complexity index is 489. The first-order valence-electron chi connectivity index (χ1n) is 5.16. The van der Waals surface area contributed by atoms with E-state index in [4.69, 9.17) is 11.5 Å². The molecule has 7 heteroatoms. The number of nitrogen functional groups attached to an aromatic ring is 2. The first kappa shape index (κ1) is 11.7. The third-order valence-electron chi connectivity index (χ3n) is 2.23. The van der Waals surface area contributed by atoms with Gasteiger partial charge in [0.1, 0.15) is 17.5 Å². The molecule has 2 rings (SSSR count). The quantitative estimate of drug-likeness (QED) is 0.619. The molecule has 2 heterocycles. The molecule has 0 atom stereocenters. The Kier molecular flexibility index (Phi) is 3.48. The molecule has 0 aliphatic rings. The largest absolute Gasteiger partial charge is 0.383 e. The zero-order chi connectivity index (χ0) is 12.3. The summed E-state index contributed by atoms with van der Waals surface area (Å²) in [5.74, 6) is 2.65. The van der Waals surface area contributed by atoms with Gasteiger partial charge in [0.25, 0.3) is 0 Å². The zero-order valence-corrected chi connectivity index (χ0v) is 10.3. The Balaban J connectivity index is 1.92. The third kappa shape index (κ3) is 3.10. The van der Waals surface area contributed by atoms with Crippen molar-refractivity contribution in [2.75, 3.05) is 17.2 Å². The van der Waals surface area contributed by atoms with Crippen LogP contribution in [0.1, 0.15) is 5.82 Å². The minimum Gasteiger partial charge on any atom is -0.383 e. The molecule has 0 aliphatic carbocycles. The second-order valence-electron chi connectivity index (χ2n) is 3.52. The van der Waals surface area contributed by atoms with Crippen LogP contribution < -0.4 is 11.5 Å². The smallest absolute Gasteiger partial charge is 0.191 e. The van der Waals surface area contributed by atoms with Crippen LogP contribution in [0.15, 0.2) is 23.6 Å². The van der Waals surface area contributed by atoms with Gasteiger partial charge in [0.15, 0.2) is 5.16 Å². The summed E-state index contributed by atoms with van der Waals surface area (Å²) in [5, 5.41) is 0.611. The fourth-order valence-corrected chi connectivity index (χ4v) is 2.21. The molecule has 0 spiro atoms. The summed E-state index contributed by atoms with van der Waals surface area (Å²) in [5.41, 5.74) is 11.2.